The van der Waals surface area contributed by atoms with E-state index in [1.807, 2.05) is 12.1 Å². The first-order valence-electron chi connectivity index (χ1n) is 6.45. The minimum absolute atomic E-state index is 0.691. The lowest BCUT2D eigenvalue weighted by molar-refractivity contribution is 0.354. The van der Waals surface area contributed by atoms with E-state index in [1.165, 1.54) is 5.56 Å². The van der Waals surface area contributed by atoms with Crippen molar-refractivity contribution in [1.82, 2.24) is 0 Å². The van der Waals surface area contributed by atoms with E-state index >= 15 is 0 Å². The Balaban J connectivity index is 2.19. The maximum atomic E-state index is 5.34. The van der Waals surface area contributed by atoms with Crippen LogP contribution in [0.25, 0.3) is 0 Å². The van der Waals surface area contributed by atoms with Crippen molar-refractivity contribution >= 4 is 37.5 Å². The highest BCUT2D eigenvalue weighted by Crippen LogP contribution is 2.33. The number of halogens is 2. The van der Waals surface area contributed by atoms with Crippen LogP contribution in [0, 0.1) is 6.92 Å². The van der Waals surface area contributed by atoms with Gasteiger partial charge in [0.2, 0.25) is 0 Å². The van der Waals surface area contributed by atoms with Gasteiger partial charge < -0.3 is 14.8 Å². The van der Waals surface area contributed by atoms with Crippen LogP contribution in [0.4, 0.5) is 5.69 Å². The predicted molar refractivity (Wildman–Crippen MR) is 93.5 cm³/mol. The van der Waals surface area contributed by atoms with Crippen LogP contribution in [0.2, 0.25) is 0 Å². The van der Waals surface area contributed by atoms with Gasteiger partial charge in [0.15, 0.2) is 11.5 Å². The molecule has 0 saturated carbocycles. The monoisotopic (exact) mass is 413 g/mol. The molecule has 0 bridgehead atoms. The molecule has 0 saturated heterocycles. The largest absolute Gasteiger partial charge is 0.493 e. The second-order valence-electron chi connectivity index (χ2n) is 4.67. The first-order chi connectivity index (χ1) is 10.0. The molecule has 0 radical (unpaired) electrons. The number of hydrogen-bond acceptors (Lipinski definition) is 3. The lowest BCUT2D eigenvalue weighted by Gasteiger charge is -2.13. The predicted octanol–water partition coefficient (Wildman–Crippen LogP) is 5.15. The zero-order chi connectivity index (χ0) is 15.4. The fraction of sp³-hybridized carbons (Fsp3) is 0.250. The highest BCUT2D eigenvalue weighted by molar-refractivity contribution is 9.10. The Bertz CT molecular complexity index is 624. The fourth-order valence-corrected chi connectivity index (χ4v) is 3.14. The first-order valence-corrected chi connectivity index (χ1v) is 8.03. The average Bonchev–Trinajstić information content (AvgIpc) is 2.44. The molecule has 0 aromatic heterocycles. The molecule has 2 aromatic carbocycles. The fourth-order valence-electron chi connectivity index (χ4n) is 2.07. The molecule has 1 N–H and O–H groups in total. The first kappa shape index (κ1) is 16.2. The zero-order valence-corrected chi connectivity index (χ0v) is 15.3. The number of nitrogens with one attached hydrogen (secondary N) is 1. The Kier molecular flexibility index (Phi) is 5.53. The van der Waals surface area contributed by atoms with Crippen molar-refractivity contribution in [3.05, 3.63) is 50.4 Å². The molecule has 112 valence electrons. The molecule has 0 atom stereocenters. The van der Waals surface area contributed by atoms with Gasteiger partial charge in [-0.05, 0) is 48.4 Å². The van der Waals surface area contributed by atoms with Crippen LogP contribution in [0.5, 0.6) is 11.5 Å². The molecular weight excluding hydrogens is 398 g/mol. The smallest absolute Gasteiger partial charge is 0.161 e. The van der Waals surface area contributed by atoms with Crippen molar-refractivity contribution in [3.8, 4) is 11.5 Å². The molecule has 0 aliphatic rings. The van der Waals surface area contributed by atoms with Crippen LogP contribution in [-0.4, -0.2) is 14.2 Å². The summed E-state index contributed by atoms with van der Waals surface area (Å²) >= 11 is 7.08. The Morgan fingerprint density at radius 1 is 0.952 bits per heavy atom. The van der Waals surface area contributed by atoms with E-state index in [1.54, 1.807) is 14.2 Å². The van der Waals surface area contributed by atoms with Crippen LogP contribution in [0.3, 0.4) is 0 Å². The van der Waals surface area contributed by atoms with Gasteiger partial charge in [0.05, 0.1) is 14.2 Å². The third-order valence-corrected chi connectivity index (χ3v) is 4.27. The van der Waals surface area contributed by atoms with Gasteiger partial charge in [0.1, 0.15) is 0 Å². The van der Waals surface area contributed by atoms with Gasteiger partial charge in [-0.15, -0.1) is 0 Å². The number of benzene rings is 2. The van der Waals surface area contributed by atoms with Gasteiger partial charge >= 0.3 is 0 Å². The molecule has 0 fully saturated rings. The number of anilines is 1. The van der Waals surface area contributed by atoms with E-state index in [-0.39, 0.29) is 0 Å². The summed E-state index contributed by atoms with van der Waals surface area (Å²) in [4.78, 5) is 0. The molecule has 0 spiro atoms. The van der Waals surface area contributed by atoms with Crippen LogP contribution in [-0.2, 0) is 6.54 Å². The summed E-state index contributed by atoms with van der Waals surface area (Å²) in [6, 6.07) is 10.1. The van der Waals surface area contributed by atoms with E-state index < -0.39 is 0 Å². The number of methoxy groups -OCH3 is 2. The van der Waals surface area contributed by atoms with Crippen molar-refractivity contribution in [2.45, 2.75) is 13.5 Å². The molecule has 2 rings (SSSR count). The van der Waals surface area contributed by atoms with E-state index in [0.29, 0.717) is 12.3 Å². The second-order valence-corrected chi connectivity index (χ2v) is 6.44. The van der Waals surface area contributed by atoms with Gasteiger partial charge in [-0.25, -0.2) is 0 Å². The minimum Gasteiger partial charge on any atom is -0.493 e. The zero-order valence-electron chi connectivity index (χ0n) is 12.2. The third-order valence-electron chi connectivity index (χ3n) is 3.08. The number of rotatable bonds is 5. The van der Waals surface area contributed by atoms with Crippen molar-refractivity contribution in [1.29, 1.82) is 0 Å². The number of ether oxygens (including phenoxy) is 2. The third kappa shape index (κ3) is 4.14. The van der Waals surface area contributed by atoms with Gasteiger partial charge in [0, 0.05) is 21.2 Å². The summed E-state index contributed by atoms with van der Waals surface area (Å²) < 4.78 is 12.7. The highest BCUT2D eigenvalue weighted by atomic mass is 79.9. The van der Waals surface area contributed by atoms with E-state index in [0.717, 1.165) is 25.9 Å². The summed E-state index contributed by atoms with van der Waals surface area (Å²) in [5.74, 6) is 1.44. The Labute approximate surface area is 141 Å². The molecule has 0 unspecified atom stereocenters. The quantitative estimate of drug-likeness (QED) is 0.733. The summed E-state index contributed by atoms with van der Waals surface area (Å²) in [5, 5.41) is 3.42. The highest BCUT2D eigenvalue weighted by Gasteiger charge is 2.09. The van der Waals surface area contributed by atoms with Gasteiger partial charge in [-0.2, -0.15) is 0 Å². The van der Waals surface area contributed by atoms with E-state index in [9.17, 15) is 0 Å². The van der Waals surface area contributed by atoms with Crippen LogP contribution < -0.4 is 14.8 Å². The average molecular weight is 415 g/mol. The SMILES string of the molecule is COc1cc(Br)c(CNc2cc(C)cc(Br)c2)cc1OC. The Morgan fingerprint density at radius 3 is 2.24 bits per heavy atom. The lowest BCUT2D eigenvalue weighted by Crippen LogP contribution is -2.02. The summed E-state index contributed by atoms with van der Waals surface area (Å²) in [6.07, 6.45) is 0. The van der Waals surface area contributed by atoms with E-state index in [4.69, 9.17) is 9.47 Å². The summed E-state index contributed by atoms with van der Waals surface area (Å²) in [5.41, 5.74) is 3.38. The van der Waals surface area contributed by atoms with Gasteiger partial charge in [0.25, 0.3) is 0 Å². The number of hydrogen-bond donors (Lipinski definition) is 1. The van der Waals surface area contributed by atoms with Crippen LogP contribution in [0.1, 0.15) is 11.1 Å². The number of aryl methyl sites for hydroxylation is 1. The molecule has 21 heavy (non-hydrogen) atoms. The second kappa shape index (κ2) is 7.18. The Morgan fingerprint density at radius 2 is 1.62 bits per heavy atom. The standard InChI is InChI=1S/C16H17Br2NO2/c1-10-4-12(17)7-13(5-10)19-9-11-6-15(20-2)16(21-3)8-14(11)18/h4-8,19H,9H2,1-3H3. The molecule has 0 amide bonds. The maximum absolute atomic E-state index is 5.34. The van der Waals surface area contributed by atoms with Crippen LogP contribution >= 0.6 is 31.9 Å². The molecule has 0 aliphatic carbocycles. The van der Waals surface area contributed by atoms with Crippen LogP contribution in [0.15, 0.2) is 39.3 Å². The van der Waals surface area contributed by atoms with Gasteiger partial charge in [-0.1, -0.05) is 31.9 Å². The maximum Gasteiger partial charge on any atom is 0.161 e. The van der Waals surface area contributed by atoms with Crippen molar-refractivity contribution in [3.63, 3.8) is 0 Å². The van der Waals surface area contributed by atoms with Crippen molar-refractivity contribution in [2.24, 2.45) is 0 Å². The Hall–Kier alpha value is -1.20. The minimum atomic E-state index is 0.691. The topological polar surface area (TPSA) is 30.5 Å². The molecule has 0 heterocycles. The molecular formula is C16H17Br2NO2. The molecule has 3 nitrogen and oxygen atoms in total. The summed E-state index contributed by atoms with van der Waals surface area (Å²) in [6.45, 7) is 2.76. The van der Waals surface area contributed by atoms with E-state index in [2.05, 4.69) is 62.3 Å². The van der Waals surface area contributed by atoms with Gasteiger partial charge in [-0.3, -0.25) is 0 Å². The molecule has 5 heteroatoms. The lowest BCUT2D eigenvalue weighted by atomic mass is 10.2. The summed E-state index contributed by atoms with van der Waals surface area (Å²) in [7, 11) is 3.27. The van der Waals surface area contributed by atoms with Crippen molar-refractivity contribution < 1.29 is 9.47 Å². The molecule has 2 aromatic rings. The molecule has 0 aliphatic heterocycles. The normalized spacial score (nSPS) is 10.3. The van der Waals surface area contributed by atoms with Crippen molar-refractivity contribution in [2.75, 3.05) is 19.5 Å².